The number of nitrogens with one attached hydrogen (secondary N) is 1. The second kappa shape index (κ2) is 7.67. The summed E-state index contributed by atoms with van der Waals surface area (Å²) in [5.74, 6) is -0.352. The molecular formula is C17H14ClN5O2. The molecule has 0 bridgehead atoms. The zero-order valence-electron chi connectivity index (χ0n) is 13.1. The summed E-state index contributed by atoms with van der Waals surface area (Å²) < 4.78 is 1.31. The standard InChI is InChI=1S/C17H14ClN5O2/c18-13-3-1-12(2-4-13)14-5-6-16(24)23(22-14)10-9-21-17(25)15-11-19-7-8-20-15/h1-8,11H,9-10H2,(H,21,25). The first-order valence-corrected chi connectivity index (χ1v) is 7.89. The minimum absolute atomic E-state index is 0.220. The molecule has 7 nitrogen and oxygen atoms in total. The highest BCUT2D eigenvalue weighted by Gasteiger charge is 2.07. The molecule has 0 unspecified atom stereocenters. The van der Waals surface area contributed by atoms with E-state index in [4.69, 9.17) is 11.6 Å². The van der Waals surface area contributed by atoms with Crippen LogP contribution in [0.3, 0.4) is 0 Å². The van der Waals surface area contributed by atoms with Crippen molar-refractivity contribution < 1.29 is 4.79 Å². The third kappa shape index (κ3) is 4.27. The van der Waals surface area contributed by atoms with Crippen LogP contribution in [0, 0.1) is 0 Å². The average Bonchev–Trinajstić information content (AvgIpc) is 2.64. The van der Waals surface area contributed by atoms with Gasteiger partial charge in [0.1, 0.15) is 5.69 Å². The highest BCUT2D eigenvalue weighted by molar-refractivity contribution is 6.30. The van der Waals surface area contributed by atoms with Gasteiger partial charge in [0.2, 0.25) is 0 Å². The predicted molar refractivity (Wildman–Crippen MR) is 93.3 cm³/mol. The van der Waals surface area contributed by atoms with E-state index in [2.05, 4.69) is 20.4 Å². The highest BCUT2D eigenvalue weighted by Crippen LogP contribution is 2.18. The van der Waals surface area contributed by atoms with Gasteiger partial charge in [-0.3, -0.25) is 14.6 Å². The molecule has 0 fully saturated rings. The van der Waals surface area contributed by atoms with Gasteiger partial charge in [0.05, 0.1) is 18.4 Å². The summed E-state index contributed by atoms with van der Waals surface area (Å²) >= 11 is 5.88. The SMILES string of the molecule is O=C(NCCn1nc(-c2ccc(Cl)cc2)ccc1=O)c1cnccn1. The van der Waals surface area contributed by atoms with Gasteiger partial charge < -0.3 is 5.32 Å². The van der Waals surface area contributed by atoms with Crippen LogP contribution in [0.5, 0.6) is 0 Å². The molecule has 0 saturated heterocycles. The first-order chi connectivity index (χ1) is 12.1. The molecule has 8 heteroatoms. The first kappa shape index (κ1) is 16.8. The molecule has 0 radical (unpaired) electrons. The Hall–Kier alpha value is -3.06. The monoisotopic (exact) mass is 355 g/mol. The van der Waals surface area contributed by atoms with Crippen molar-refractivity contribution >= 4 is 17.5 Å². The van der Waals surface area contributed by atoms with E-state index in [1.54, 1.807) is 18.2 Å². The maximum Gasteiger partial charge on any atom is 0.271 e. The second-order valence-corrected chi connectivity index (χ2v) is 5.57. The number of carbonyl (C=O) groups is 1. The molecule has 0 aliphatic heterocycles. The van der Waals surface area contributed by atoms with E-state index in [9.17, 15) is 9.59 Å². The smallest absolute Gasteiger partial charge is 0.271 e. The minimum Gasteiger partial charge on any atom is -0.349 e. The van der Waals surface area contributed by atoms with Crippen LogP contribution in [0.4, 0.5) is 0 Å². The third-order valence-corrected chi connectivity index (χ3v) is 3.66. The minimum atomic E-state index is -0.352. The van der Waals surface area contributed by atoms with Gasteiger partial charge in [-0.25, -0.2) is 9.67 Å². The van der Waals surface area contributed by atoms with Crippen LogP contribution >= 0.6 is 11.6 Å². The number of amides is 1. The molecule has 0 spiro atoms. The lowest BCUT2D eigenvalue weighted by Gasteiger charge is -2.08. The third-order valence-electron chi connectivity index (χ3n) is 3.41. The molecule has 126 valence electrons. The summed E-state index contributed by atoms with van der Waals surface area (Å²) in [5, 5.41) is 7.63. The van der Waals surface area contributed by atoms with Crippen molar-refractivity contribution in [2.45, 2.75) is 6.54 Å². The van der Waals surface area contributed by atoms with E-state index < -0.39 is 0 Å². The Labute approximate surface area is 148 Å². The molecule has 0 aliphatic rings. The lowest BCUT2D eigenvalue weighted by atomic mass is 10.1. The summed E-state index contributed by atoms with van der Waals surface area (Å²) in [6.45, 7) is 0.485. The lowest BCUT2D eigenvalue weighted by Crippen LogP contribution is -2.32. The normalized spacial score (nSPS) is 10.4. The van der Waals surface area contributed by atoms with Gasteiger partial charge in [0.25, 0.3) is 11.5 Å². The number of hydrogen-bond donors (Lipinski definition) is 1. The van der Waals surface area contributed by atoms with Crippen molar-refractivity contribution in [2.75, 3.05) is 6.54 Å². The van der Waals surface area contributed by atoms with Crippen LogP contribution in [-0.4, -0.2) is 32.2 Å². The second-order valence-electron chi connectivity index (χ2n) is 5.13. The van der Waals surface area contributed by atoms with Crippen LogP contribution in [0.25, 0.3) is 11.3 Å². The van der Waals surface area contributed by atoms with Crippen molar-refractivity contribution in [1.29, 1.82) is 0 Å². The fraction of sp³-hybridized carbons (Fsp3) is 0.118. The Balaban J connectivity index is 1.68. The van der Waals surface area contributed by atoms with Crippen molar-refractivity contribution in [3.8, 4) is 11.3 Å². The maximum absolute atomic E-state index is 11.9. The van der Waals surface area contributed by atoms with Crippen molar-refractivity contribution in [3.63, 3.8) is 0 Å². The molecule has 2 heterocycles. The molecule has 0 aliphatic carbocycles. The number of hydrogen-bond acceptors (Lipinski definition) is 5. The number of halogens is 1. The number of rotatable bonds is 5. The average molecular weight is 356 g/mol. The maximum atomic E-state index is 11.9. The molecule has 1 N–H and O–H groups in total. The molecule has 3 rings (SSSR count). The topological polar surface area (TPSA) is 89.8 Å². The van der Waals surface area contributed by atoms with E-state index in [0.717, 1.165) is 5.56 Å². The Morgan fingerprint density at radius 2 is 1.92 bits per heavy atom. The Bertz CT molecular complexity index is 926. The van der Waals surface area contributed by atoms with E-state index in [1.807, 2.05) is 12.1 Å². The summed E-state index contributed by atoms with van der Waals surface area (Å²) in [6, 6.07) is 10.3. The zero-order valence-corrected chi connectivity index (χ0v) is 13.8. The first-order valence-electron chi connectivity index (χ1n) is 7.52. The van der Waals surface area contributed by atoms with E-state index in [0.29, 0.717) is 10.7 Å². The van der Waals surface area contributed by atoms with Crippen molar-refractivity contribution in [3.05, 3.63) is 76.1 Å². The molecular weight excluding hydrogens is 342 g/mol. The number of carbonyl (C=O) groups excluding carboxylic acids is 1. The molecule has 1 aromatic carbocycles. The van der Waals surface area contributed by atoms with Gasteiger partial charge in [-0.2, -0.15) is 5.10 Å². The predicted octanol–water partition coefficient (Wildman–Crippen LogP) is 1.78. The van der Waals surface area contributed by atoms with Gasteiger partial charge in [-0.1, -0.05) is 23.7 Å². The Morgan fingerprint density at radius 3 is 2.64 bits per heavy atom. The van der Waals surface area contributed by atoms with Crippen LogP contribution in [0.2, 0.25) is 5.02 Å². The van der Waals surface area contributed by atoms with Crippen LogP contribution < -0.4 is 10.9 Å². The summed E-state index contributed by atoms with van der Waals surface area (Å²) in [4.78, 5) is 31.6. The number of nitrogens with zero attached hydrogens (tertiary/aromatic N) is 4. The van der Waals surface area contributed by atoms with Gasteiger partial charge in [0, 0.05) is 35.6 Å². The van der Waals surface area contributed by atoms with Crippen LogP contribution in [0.15, 0.2) is 59.8 Å². The van der Waals surface area contributed by atoms with Crippen LogP contribution in [0.1, 0.15) is 10.5 Å². The molecule has 2 aromatic heterocycles. The largest absolute Gasteiger partial charge is 0.349 e. The quantitative estimate of drug-likeness (QED) is 0.753. The molecule has 1 amide bonds. The Kier molecular flexibility index (Phi) is 5.15. The lowest BCUT2D eigenvalue weighted by molar-refractivity contribution is 0.0946. The summed E-state index contributed by atoms with van der Waals surface area (Å²) in [6.07, 6.45) is 4.31. The van der Waals surface area contributed by atoms with Crippen molar-refractivity contribution in [2.24, 2.45) is 0 Å². The van der Waals surface area contributed by atoms with Gasteiger partial charge in [-0.05, 0) is 18.2 Å². The van der Waals surface area contributed by atoms with E-state index >= 15 is 0 Å². The van der Waals surface area contributed by atoms with Crippen molar-refractivity contribution in [1.82, 2.24) is 25.1 Å². The molecule has 0 saturated carbocycles. The molecule has 0 atom stereocenters. The van der Waals surface area contributed by atoms with Gasteiger partial charge in [-0.15, -0.1) is 0 Å². The number of aromatic nitrogens is 4. The molecule has 25 heavy (non-hydrogen) atoms. The van der Waals surface area contributed by atoms with Gasteiger partial charge >= 0.3 is 0 Å². The summed E-state index contributed by atoms with van der Waals surface area (Å²) in [7, 11) is 0. The number of benzene rings is 1. The highest BCUT2D eigenvalue weighted by atomic mass is 35.5. The zero-order chi connectivity index (χ0) is 17.6. The molecule has 3 aromatic rings. The summed E-state index contributed by atoms with van der Waals surface area (Å²) in [5.41, 5.74) is 1.47. The van der Waals surface area contributed by atoms with E-state index in [-0.39, 0.29) is 30.2 Å². The van der Waals surface area contributed by atoms with Gasteiger partial charge in [0.15, 0.2) is 0 Å². The van der Waals surface area contributed by atoms with E-state index in [1.165, 1.54) is 29.3 Å². The Morgan fingerprint density at radius 1 is 1.12 bits per heavy atom. The van der Waals surface area contributed by atoms with Crippen LogP contribution in [-0.2, 0) is 6.54 Å². The fourth-order valence-electron chi connectivity index (χ4n) is 2.17. The fourth-order valence-corrected chi connectivity index (χ4v) is 2.29.